The Morgan fingerprint density at radius 3 is 2.43 bits per heavy atom. The molecular weight excluding hydrogens is 418 g/mol. The Morgan fingerprint density at radius 2 is 1.71 bits per heavy atom. The second-order valence-electron chi connectivity index (χ2n) is 6.19. The molecule has 0 spiro atoms. The van der Waals surface area contributed by atoms with Crippen molar-refractivity contribution in [2.45, 2.75) is 20.1 Å². The lowest BCUT2D eigenvalue weighted by molar-refractivity contribution is 0.101. The third-order valence-electron chi connectivity index (χ3n) is 4.09. The van der Waals surface area contributed by atoms with Gasteiger partial charge in [-0.3, -0.25) is 4.79 Å². The molecule has 0 fully saturated rings. The van der Waals surface area contributed by atoms with Crippen molar-refractivity contribution in [3.05, 3.63) is 94.0 Å². The van der Waals surface area contributed by atoms with Gasteiger partial charge in [-0.15, -0.1) is 0 Å². The van der Waals surface area contributed by atoms with Crippen molar-refractivity contribution >= 4 is 27.5 Å². The maximum absolute atomic E-state index is 12.6. The Morgan fingerprint density at radius 1 is 0.964 bits per heavy atom. The van der Waals surface area contributed by atoms with Crippen molar-refractivity contribution in [2.24, 2.45) is 0 Å². The van der Waals surface area contributed by atoms with Gasteiger partial charge in [-0.05, 0) is 55.0 Å². The largest absolute Gasteiger partial charge is 0.494 e. The molecule has 3 aromatic rings. The third kappa shape index (κ3) is 5.68. The predicted octanol–water partition coefficient (Wildman–Crippen LogP) is 5.82. The molecule has 5 heteroatoms. The van der Waals surface area contributed by atoms with E-state index in [9.17, 15) is 4.79 Å². The maximum atomic E-state index is 12.6. The van der Waals surface area contributed by atoms with Gasteiger partial charge < -0.3 is 14.8 Å². The van der Waals surface area contributed by atoms with Gasteiger partial charge in [0.25, 0.3) is 5.91 Å². The topological polar surface area (TPSA) is 47.6 Å². The first kappa shape index (κ1) is 20.1. The van der Waals surface area contributed by atoms with Crippen LogP contribution in [0.25, 0.3) is 0 Å². The van der Waals surface area contributed by atoms with Crippen LogP contribution in [-0.2, 0) is 18.0 Å². The van der Waals surface area contributed by atoms with E-state index in [1.165, 1.54) is 0 Å². The van der Waals surface area contributed by atoms with Crippen molar-refractivity contribution < 1.29 is 14.3 Å². The fraction of sp³-hybridized carbons (Fsp3) is 0.174. The molecule has 0 bridgehead atoms. The third-order valence-corrected chi connectivity index (χ3v) is 4.62. The van der Waals surface area contributed by atoms with Crippen molar-refractivity contribution in [3.63, 3.8) is 0 Å². The summed E-state index contributed by atoms with van der Waals surface area (Å²) in [4.78, 5) is 12.6. The summed E-state index contributed by atoms with van der Waals surface area (Å²) in [6.45, 7) is 3.35. The second-order valence-corrected chi connectivity index (χ2v) is 7.11. The lowest BCUT2D eigenvalue weighted by Gasteiger charge is -2.13. The van der Waals surface area contributed by atoms with Crippen LogP contribution in [0.2, 0.25) is 0 Å². The van der Waals surface area contributed by atoms with Crippen LogP contribution in [0.1, 0.15) is 28.4 Å². The molecule has 28 heavy (non-hydrogen) atoms. The van der Waals surface area contributed by atoms with E-state index in [4.69, 9.17) is 9.47 Å². The van der Waals surface area contributed by atoms with E-state index in [-0.39, 0.29) is 5.91 Å². The molecule has 0 unspecified atom stereocenters. The number of halogens is 1. The highest BCUT2D eigenvalue weighted by Crippen LogP contribution is 2.23. The highest BCUT2D eigenvalue weighted by molar-refractivity contribution is 9.10. The van der Waals surface area contributed by atoms with Gasteiger partial charge in [0.2, 0.25) is 0 Å². The van der Waals surface area contributed by atoms with Crippen LogP contribution in [0.4, 0.5) is 5.69 Å². The molecule has 4 nitrogen and oxygen atoms in total. The van der Waals surface area contributed by atoms with Gasteiger partial charge in [0.15, 0.2) is 0 Å². The Labute approximate surface area is 173 Å². The summed E-state index contributed by atoms with van der Waals surface area (Å²) in [6, 6.07) is 22.9. The summed E-state index contributed by atoms with van der Waals surface area (Å²) in [5.74, 6) is 0.561. The van der Waals surface area contributed by atoms with Crippen molar-refractivity contribution in [3.8, 4) is 5.75 Å². The summed E-state index contributed by atoms with van der Waals surface area (Å²) in [7, 11) is 0. The van der Waals surface area contributed by atoms with Crippen molar-refractivity contribution in [2.75, 3.05) is 11.9 Å². The Balaban J connectivity index is 1.70. The van der Waals surface area contributed by atoms with E-state index in [0.29, 0.717) is 25.4 Å². The van der Waals surface area contributed by atoms with Crippen molar-refractivity contribution in [1.29, 1.82) is 0 Å². The maximum Gasteiger partial charge on any atom is 0.255 e. The van der Waals surface area contributed by atoms with Gasteiger partial charge in [0.05, 0.1) is 19.8 Å². The zero-order valence-corrected chi connectivity index (χ0v) is 17.2. The zero-order valence-electron chi connectivity index (χ0n) is 15.7. The van der Waals surface area contributed by atoms with Crippen LogP contribution in [0.15, 0.2) is 77.3 Å². The molecule has 3 rings (SSSR count). The molecular formula is C23H22BrNO3. The van der Waals surface area contributed by atoms with Crippen LogP contribution >= 0.6 is 15.9 Å². The minimum absolute atomic E-state index is 0.172. The molecule has 0 aliphatic heterocycles. The summed E-state index contributed by atoms with van der Waals surface area (Å²) < 4.78 is 12.5. The number of rotatable bonds is 8. The van der Waals surface area contributed by atoms with Gasteiger partial charge in [-0.1, -0.05) is 46.3 Å². The highest BCUT2D eigenvalue weighted by Gasteiger charge is 2.11. The number of hydrogen-bond donors (Lipinski definition) is 1. The molecule has 0 aliphatic carbocycles. The Bertz CT molecular complexity index is 911. The first-order valence-corrected chi connectivity index (χ1v) is 9.89. The molecule has 1 N–H and O–H groups in total. The number of nitrogens with one attached hydrogen (secondary N) is 1. The Hall–Kier alpha value is -2.63. The molecule has 0 saturated carbocycles. The van der Waals surface area contributed by atoms with Crippen LogP contribution in [0, 0.1) is 0 Å². The first-order chi connectivity index (χ1) is 13.7. The average Bonchev–Trinajstić information content (AvgIpc) is 2.72. The number of carbonyl (C=O) groups excluding carboxylic acids is 1. The zero-order chi connectivity index (χ0) is 19.8. The quantitative estimate of drug-likeness (QED) is 0.481. The summed E-state index contributed by atoms with van der Waals surface area (Å²) in [5.41, 5.74) is 3.25. The molecule has 144 valence electrons. The number of hydrogen-bond acceptors (Lipinski definition) is 3. The summed E-state index contributed by atoms with van der Waals surface area (Å²) >= 11 is 3.39. The first-order valence-electron chi connectivity index (χ1n) is 9.10. The van der Waals surface area contributed by atoms with E-state index >= 15 is 0 Å². The minimum Gasteiger partial charge on any atom is -0.494 e. The number of anilines is 1. The standard InChI is InChI=1S/C23H22BrNO3/c1-2-28-22-13-8-18(23(26)25-21-11-9-20(24)10-12-21)14-19(22)16-27-15-17-6-4-3-5-7-17/h3-14H,2,15-16H2,1H3,(H,25,26). The lowest BCUT2D eigenvalue weighted by atomic mass is 10.1. The molecule has 0 aromatic heterocycles. The van der Waals surface area contributed by atoms with Gasteiger partial charge in [-0.2, -0.15) is 0 Å². The van der Waals surface area contributed by atoms with Gasteiger partial charge in [0.1, 0.15) is 5.75 Å². The molecule has 0 heterocycles. The van der Waals surface area contributed by atoms with Gasteiger partial charge in [0, 0.05) is 21.3 Å². The van der Waals surface area contributed by atoms with Crippen LogP contribution in [0.5, 0.6) is 5.75 Å². The second kappa shape index (κ2) is 10.1. The highest BCUT2D eigenvalue weighted by atomic mass is 79.9. The molecule has 0 atom stereocenters. The van der Waals surface area contributed by atoms with Crippen LogP contribution in [-0.4, -0.2) is 12.5 Å². The van der Waals surface area contributed by atoms with E-state index in [1.807, 2.05) is 73.7 Å². The average molecular weight is 440 g/mol. The SMILES string of the molecule is CCOc1ccc(C(=O)Nc2ccc(Br)cc2)cc1COCc1ccccc1. The van der Waals surface area contributed by atoms with E-state index < -0.39 is 0 Å². The normalized spacial score (nSPS) is 10.5. The summed E-state index contributed by atoms with van der Waals surface area (Å²) in [6.07, 6.45) is 0. The fourth-order valence-corrected chi connectivity index (χ4v) is 2.98. The minimum atomic E-state index is -0.172. The lowest BCUT2D eigenvalue weighted by Crippen LogP contribution is -2.12. The molecule has 0 saturated heterocycles. The van der Waals surface area contributed by atoms with E-state index in [0.717, 1.165) is 27.0 Å². The number of carbonyl (C=O) groups is 1. The smallest absolute Gasteiger partial charge is 0.255 e. The van der Waals surface area contributed by atoms with Gasteiger partial charge in [-0.25, -0.2) is 0 Å². The fourth-order valence-electron chi connectivity index (χ4n) is 2.72. The molecule has 1 amide bonds. The number of ether oxygens (including phenoxy) is 2. The molecule has 0 radical (unpaired) electrons. The predicted molar refractivity (Wildman–Crippen MR) is 115 cm³/mol. The van der Waals surface area contributed by atoms with E-state index in [2.05, 4.69) is 21.2 Å². The van der Waals surface area contributed by atoms with Crippen LogP contribution in [0.3, 0.4) is 0 Å². The van der Waals surface area contributed by atoms with Crippen LogP contribution < -0.4 is 10.1 Å². The monoisotopic (exact) mass is 439 g/mol. The van der Waals surface area contributed by atoms with Crippen molar-refractivity contribution in [1.82, 2.24) is 0 Å². The molecule has 3 aromatic carbocycles. The number of benzene rings is 3. The van der Waals surface area contributed by atoms with E-state index in [1.54, 1.807) is 6.07 Å². The molecule has 0 aliphatic rings. The van der Waals surface area contributed by atoms with Gasteiger partial charge >= 0.3 is 0 Å². The Kier molecular flexibility index (Phi) is 7.23. The summed E-state index contributed by atoms with van der Waals surface area (Å²) in [5, 5.41) is 2.90. The number of amides is 1.